The predicted molar refractivity (Wildman–Crippen MR) is 88.2 cm³/mol. The van der Waals surface area contributed by atoms with Crippen molar-refractivity contribution in [2.24, 2.45) is 11.8 Å². The Kier molecular flexibility index (Phi) is 3.97. The Morgan fingerprint density at radius 1 is 1.40 bits per heavy atom. The topological polar surface area (TPSA) is 81.7 Å². The molecule has 3 fully saturated rings. The molecule has 4 rings (SSSR count). The monoisotopic (exact) mass is 367 g/mol. The Balaban J connectivity index is 1.40. The maximum Gasteiger partial charge on any atom is 0.264 e. The van der Waals surface area contributed by atoms with Gasteiger partial charge < -0.3 is 20.6 Å². The summed E-state index contributed by atoms with van der Waals surface area (Å²) >= 11 is 5.78. The molecule has 2 unspecified atom stereocenters. The zero-order chi connectivity index (χ0) is 17.8. The predicted octanol–water partition coefficient (Wildman–Crippen LogP) is 0.276. The number of hydrogen-bond acceptors (Lipinski definition) is 4. The first-order valence-electron chi connectivity index (χ1n) is 8.37. The van der Waals surface area contributed by atoms with Crippen molar-refractivity contribution in [1.82, 2.24) is 15.5 Å². The number of carbonyl (C=O) groups excluding carboxylic acids is 2. The van der Waals surface area contributed by atoms with E-state index in [4.69, 9.17) is 11.6 Å². The maximum absolute atomic E-state index is 13.3. The summed E-state index contributed by atoms with van der Waals surface area (Å²) in [6, 6.07) is 4.07. The fourth-order valence-electron chi connectivity index (χ4n) is 4.11. The number of carbonyl (C=O) groups is 2. The molecule has 134 valence electrons. The van der Waals surface area contributed by atoms with Crippen molar-refractivity contribution >= 4 is 23.4 Å². The summed E-state index contributed by atoms with van der Waals surface area (Å²) in [5.41, 5.74) is -1.58. The number of nitrogens with zero attached hydrogens (tertiary/aromatic N) is 1. The van der Waals surface area contributed by atoms with E-state index in [1.165, 1.54) is 18.2 Å². The summed E-state index contributed by atoms with van der Waals surface area (Å²) in [6.45, 7) is 2.13. The van der Waals surface area contributed by atoms with Gasteiger partial charge in [0.25, 0.3) is 11.8 Å². The molecular weight excluding hydrogens is 349 g/mol. The average molecular weight is 368 g/mol. The van der Waals surface area contributed by atoms with E-state index in [1.54, 1.807) is 4.90 Å². The molecular formula is C17H19ClFN3O3. The number of hydrogen-bond donors (Lipinski definition) is 3. The maximum atomic E-state index is 13.3. The lowest BCUT2D eigenvalue weighted by Gasteiger charge is -2.23. The first kappa shape index (κ1) is 16.8. The molecule has 1 aromatic carbocycles. The van der Waals surface area contributed by atoms with Crippen molar-refractivity contribution in [1.29, 1.82) is 0 Å². The van der Waals surface area contributed by atoms with Crippen LogP contribution in [-0.2, 0) is 16.1 Å². The average Bonchev–Trinajstić information content (AvgIpc) is 2.90. The van der Waals surface area contributed by atoms with E-state index in [0.717, 1.165) is 13.1 Å². The smallest absolute Gasteiger partial charge is 0.264 e. The molecule has 0 spiro atoms. The number of rotatable bonds is 4. The molecule has 1 aliphatic carbocycles. The molecule has 2 saturated heterocycles. The Morgan fingerprint density at radius 2 is 2.12 bits per heavy atom. The number of halogens is 2. The first-order valence-corrected chi connectivity index (χ1v) is 8.75. The highest BCUT2D eigenvalue weighted by atomic mass is 35.5. The van der Waals surface area contributed by atoms with Crippen molar-refractivity contribution in [2.45, 2.75) is 24.6 Å². The molecule has 8 heteroatoms. The Labute approximate surface area is 149 Å². The molecule has 0 radical (unpaired) electrons. The highest BCUT2D eigenvalue weighted by molar-refractivity contribution is 6.30. The van der Waals surface area contributed by atoms with Gasteiger partial charge in [-0.2, -0.15) is 0 Å². The van der Waals surface area contributed by atoms with Crippen LogP contribution in [0.4, 0.5) is 4.39 Å². The fourth-order valence-corrected chi connectivity index (χ4v) is 4.36. The van der Waals surface area contributed by atoms with Crippen molar-refractivity contribution in [3.63, 3.8) is 0 Å². The minimum Gasteiger partial charge on any atom is -0.372 e. The summed E-state index contributed by atoms with van der Waals surface area (Å²) in [6.07, 6.45) is 0.0743. The quantitative estimate of drug-likeness (QED) is 0.668. The van der Waals surface area contributed by atoms with Gasteiger partial charge in [0.05, 0.1) is 0 Å². The van der Waals surface area contributed by atoms with Gasteiger partial charge in [-0.05, 0) is 35.6 Å². The minimum absolute atomic E-state index is 0.00942. The molecule has 4 atom stereocenters. The summed E-state index contributed by atoms with van der Waals surface area (Å²) in [5.74, 6) is -0.911. The van der Waals surface area contributed by atoms with Crippen molar-refractivity contribution in [3.05, 3.63) is 34.6 Å². The standard InChI is InChI=1S/C17H19ClFN3O3/c18-10-3-9(4-11(19)5-10)6-21-15(23)17(25)1-2-22(16(17)24)14-12-7-20-8-13(12)14/h3-5,12-14,20,25H,1-2,6-8H2,(H,21,23)/t12-,13+,14?,17?. The molecule has 2 heterocycles. The summed E-state index contributed by atoms with van der Waals surface area (Å²) < 4.78 is 13.3. The van der Waals surface area contributed by atoms with E-state index in [9.17, 15) is 19.1 Å². The zero-order valence-corrected chi connectivity index (χ0v) is 14.2. The summed E-state index contributed by atoms with van der Waals surface area (Å²) in [7, 11) is 0. The van der Waals surface area contributed by atoms with E-state index in [2.05, 4.69) is 10.6 Å². The minimum atomic E-state index is -2.04. The molecule has 1 saturated carbocycles. The molecule has 25 heavy (non-hydrogen) atoms. The second-order valence-corrected chi connectivity index (χ2v) is 7.48. The normalized spacial score (nSPS) is 33.5. The SMILES string of the molecule is O=C(NCc1cc(F)cc(Cl)c1)C1(O)CCN(C2[C@H]3CNC[C@@H]23)C1=O. The number of benzene rings is 1. The second-order valence-electron chi connectivity index (χ2n) is 7.05. The fraction of sp³-hybridized carbons (Fsp3) is 0.529. The van der Waals surface area contributed by atoms with Gasteiger partial charge in [-0.1, -0.05) is 11.6 Å². The Bertz CT molecular complexity index is 716. The number of aliphatic hydroxyl groups is 1. The van der Waals surface area contributed by atoms with Gasteiger partial charge >= 0.3 is 0 Å². The second kappa shape index (κ2) is 5.93. The molecule has 3 aliphatic rings. The van der Waals surface area contributed by atoms with Gasteiger partial charge in [-0.3, -0.25) is 9.59 Å². The third-order valence-electron chi connectivity index (χ3n) is 5.49. The molecule has 2 amide bonds. The van der Waals surface area contributed by atoms with Crippen LogP contribution in [0.2, 0.25) is 5.02 Å². The lowest BCUT2D eigenvalue weighted by atomic mass is 10.0. The van der Waals surface area contributed by atoms with Crippen LogP contribution < -0.4 is 10.6 Å². The first-order chi connectivity index (χ1) is 11.9. The van der Waals surface area contributed by atoms with Gasteiger partial charge in [0.2, 0.25) is 5.60 Å². The molecule has 6 nitrogen and oxygen atoms in total. The van der Waals surface area contributed by atoms with Crippen LogP contribution in [0.1, 0.15) is 12.0 Å². The van der Waals surface area contributed by atoms with E-state index >= 15 is 0 Å². The third-order valence-corrected chi connectivity index (χ3v) is 5.70. The highest BCUT2D eigenvalue weighted by Crippen LogP contribution is 2.48. The lowest BCUT2D eigenvalue weighted by molar-refractivity contribution is -0.154. The highest BCUT2D eigenvalue weighted by Gasteiger charge is 2.62. The third kappa shape index (κ3) is 2.80. The molecule has 2 aliphatic heterocycles. The van der Waals surface area contributed by atoms with Crippen LogP contribution in [-0.4, -0.2) is 53.1 Å². The van der Waals surface area contributed by atoms with Gasteiger partial charge in [0.1, 0.15) is 5.82 Å². The lowest BCUT2D eigenvalue weighted by Crippen LogP contribution is -2.53. The van der Waals surface area contributed by atoms with Gasteiger partial charge in [0.15, 0.2) is 0 Å². The number of amides is 2. The summed E-state index contributed by atoms with van der Waals surface area (Å²) in [4.78, 5) is 26.7. The largest absolute Gasteiger partial charge is 0.372 e. The van der Waals surface area contributed by atoms with E-state index in [1.807, 2.05) is 0 Å². The molecule has 0 bridgehead atoms. The number of likely N-dealkylation sites (tertiary alicyclic amines) is 1. The van der Waals surface area contributed by atoms with Crippen LogP contribution in [0.5, 0.6) is 0 Å². The van der Waals surface area contributed by atoms with Crippen molar-refractivity contribution < 1.29 is 19.1 Å². The number of fused-ring (bicyclic) bond motifs is 1. The Hall–Kier alpha value is -1.70. The van der Waals surface area contributed by atoms with E-state index in [-0.39, 0.29) is 24.0 Å². The van der Waals surface area contributed by atoms with Gasteiger partial charge in [0, 0.05) is 43.7 Å². The van der Waals surface area contributed by atoms with Crippen molar-refractivity contribution in [2.75, 3.05) is 19.6 Å². The van der Waals surface area contributed by atoms with Crippen LogP contribution in [0, 0.1) is 17.7 Å². The Morgan fingerprint density at radius 3 is 2.80 bits per heavy atom. The van der Waals surface area contributed by atoms with Crippen LogP contribution >= 0.6 is 11.6 Å². The van der Waals surface area contributed by atoms with Crippen LogP contribution in [0.25, 0.3) is 0 Å². The molecule has 0 aromatic heterocycles. The van der Waals surface area contributed by atoms with Crippen molar-refractivity contribution in [3.8, 4) is 0 Å². The molecule has 3 N–H and O–H groups in total. The number of nitrogens with one attached hydrogen (secondary N) is 2. The zero-order valence-electron chi connectivity index (χ0n) is 13.5. The van der Waals surface area contributed by atoms with E-state index < -0.39 is 23.2 Å². The summed E-state index contributed by atoms with van der Waals surface area (Å²) in [5, 5.41) is 16.6. The van der Waals surface area contributed by atoms with Crippen LogP contribution in [0.15, 0.2) is 18.2 Å². The van der Waals surface area contributed by atoms with Gasteiger partial charge in [-0.25, -0.2) is 4.39 Å². The van der Waals surface area contributed by atoms with Gasteiger partial charge in [-0.15, -0.1) is 0 Å². The van der Waals surface area contributed by atoms with E-state index in [0.29, 0.717) is 23.9 Å². The molecule has 1 aromatic rings. The number of piperidine rings is 1. The van der Waals surface area contributed by atoms with Crippen LogP contribution in [0.3, 0.4) is 0 Å².